The SMILES string of the molecule is N#Cc1ccccc1OCC(=O)N1CCN(CC(N)=O)CC1. The highest BCUT2D eigenvalue weighted by atomic mass is 16.5. The van der Waals surface area contributed by atoms with Crippen LogP contribution in [0.4, 0.5) is 0 Å². The van der Waals surface area contributed by atoms with Gasteiger partial charge in [-0.25, -0.2) is 0 Å². The van der Waals surface area contributed by atoms with E-state index in [2.05, 4.69) is 0 Å². The molecule has 0 saturated carbocycles. The number of carbonyl (C=O) groups excluding carboxylic acids is 2. The fourth-order valence-corrected chi connectivity index (χ4v) is 2.29. The molecule has 0 atom stereocenters. The average molecular weight is 302 g/mol. The third-order valence-corrected chi connectivity index (χ3v) is 3.46. The molecule has 0 spiro atoms. The first-order valence-electron chi connectivity index (χ1n) is 7.00. The summed E-state index contributed by atoms with van der Waals surface area (Å²) in [5, 5.41) is 8.96. The minimum absolute atomic E-state index is 0.103. The molecule has 0 radical (unpaired) electrons. The number of hydrogen-bond acceptors (Lipinski definition) is 5. The summed E-state index contributed by atoms with van der Waals surface area (Å²) in [5.74, 6) is -0.0894. The lowest BCUT2D eigenvalue weighted by Gasteiger charge is -2.33. The van der Waals surface area contributed by atoms with E-state index in [1.54, 1.807) is 29.2 Å². The van der Waals surface area contributed by atoms with Gasteiger partial charge in [0.15, 0.2) is 6.61 Å². The molecule has 1 aliphatic rings. The quantitative estimate of drug-likeness (QED) is 0.795. The zero-order chi connectivity index (χ0) is 15.9. The summed E-state index contributed by atoms with van der Waals surface area (Å²) in [5.41, 5.74) is 5.55. The highest BCUT2D eigenvalue weighted by Crippen LogP contribution is 2.16. The van der Waals surface area contributed by atoms with Crippen molar-refractivity contribution in [1.29, 1.82) is 5.26 Å². The Labute approximate surface area is 128 Å². The fraction of sp³-hybridized carbons (Fsp3) is 0.400. The zero-order valence-corrected chi connectivity index (χ0v) is 12.2. The van der Waals surface area contributed by atoms with Crippen LogP contribution in [0, 0.1) is 11.3 Å². The van der Waals surface area contributed by atoms with Crippen LogP contribution in [0.15, 0.2) is 24.3 Å². The van der Waals surface area contributed by atoms with E-state index in [4.69, 9.17) is 15.7 Å². The molecular formula is C15H18N4O3. The van der Waals surface area contributed by atoms with Gasteiger partial charge in [0.1, 0.15) is 11.8 Å². The Balaban J connectivity index is 1.81. The van der Waals surface area contributed by atoms with Crippen LogP contribution in [0.3, 0.4) is 0 Å². The van der Waals surface area contributed by atoms with Gasteiger partial charge >= 0.3 is 0 Å². The standard InChI is InChI=1S/C15H18N4O3/c16-9-12-3-1-2-4-13(12)22-11-15(21)19-7-5-18(6-8-19)10-14(17)20/h1-4H,5-8,10-11H2,(H2,17,20). The van der Waals surface area contributed by atoms with Gasteiger partial charge in [0, 0.05) is 26.2 Å². The summed E-state index contributed by atoms with van der Waals surface area (Å²) in [6, 6.07) is 8.82. The van der Waals surface area contributed by atoms with Crippen LogP contribution in [0.25, 0.3) is 0 Å². The van der Waals surface area contributed by atoms with Crippen LogP contribution in [0.5, 0.6) is 5.75 Å². The maximum Gasteiger partial charge on any atom is 0.260 e. The number of nitriles is 1. The lowest BCUT2D eigenvalue weighted by molar-refractivity contribution is -0.135. The van der Waals surface area contributed by atoms with Gasteiger partial charge in [-0.05, 0) is 12.1 Å². The van der Waals surface area contributed by atoms with E-state index in [1.807, 2.05) is 11.0 Å². The third-order valence-electron chi connectivity index (χ3n) is 3.46. The van der Waals surface area contributed by atoms with Gasteiger partial charge < -0.3 is 15.4 Å². The second-order valence-corrected chi connectivity index (χ2v) is 5.02. The second kappa shape index (κ2) is 7.43. The molecule has 2 rings (SSSR count). The Kier molecular flexibility index (Phi) is 5.33. The Morgan fingerprint density at radius 1 is 1.23 bits per heavy atom. The average Bonchev–Trinajstić information content (AvgIpc) is 2.53. The van der Waals surface area contributed by atoms with Gasteiger partial charge in [0.2, 0.25) is 5.91 Å². The van der Waals surface area contributed by atoms with Crippen LogP contribution in [-0.4, -0.2) is 60.9 Å². The minimum Gasteiger partial charge on any atom is -0.482 e. The number of carbonyl (C=O) groups is 2. The smallest absolute Gasteiger partial charge is 0.260 e. The number of rotatable bonds is 5. The first kappa shape index (κ1) is 15.8. The molecule has 1 fully saturated rings. The lowest BCUT2D eigenvalue weighted by Crippen LogP contribution is -2.51. The zero-order valence-electron chi connectivity index (χ0n) is 12.2. The van der Waals surface area contributed by atoms with E-state index in [0.29, 0.717) is 37.5 Å². The van der Waals surface area contributed by atoms with E-state index in [1.165, 1.54) is 0 Å². The molecule has 0 aromatic heterocycles. The molecule has 2 N–H and O–H groups in total. The van der Waals surface area contributed by atoms with Crippen molar-refractivity contribution in [2.45, 2.75) is 0 Å². The minimum atomic E-state index is -0.365. The van der Waals surface area contributed by atoms with Crippen LogP contribution >= 0.6 is 0 Å². The predicted molar refractivity (Wildman–Crippen MR) is 78.9 cm³/mol. The summed E-state index contributed by atoms with van der Waals surface area (Å²) in [6.45, 7) is 2.42. The Hall–Kier alpha value is -2.59. The van der Waals surface area contributed by atoms with Gasteiger partial charge in [-0.2, -0.15) is 5.26 Å². The monoisotopic (exact) mass is 302 g/mol. The van der Waals surface area contributed by atoms with Crippen molar-refractivity contribution in [2.24, 2.45) is 5.73 Å². The van der Waals surface area contributed by atoms with Crippen LogP contribution in [0.1, 0.15) is 5.56 Å². The third kappa shape index (κ3) is 4.20. The highest BCUT2D eigenvalue weighted by Gasteiger charge is 2.22. The molecule has 1 aromatic carbocycles. The predicted octanol–water partition coefficient (Wildman–Crippen LogP) is -0.433. The van der Waals surface area contributed by atoms with E-state index in [9.17, 15) is 9.59 Å². The summed E-state index contributed by atoms with van der Waals surface area (Å²) >= 11 is 0. The van der Waals surface area contributed by atoms with Gasteiger partial charge in [0.05, 0.1) is 12.1 Å². The second-order valence-electron chi connectivity index (χ2n) is 5.02. The molecule has 1 aliphatic heterocycles. The van der Waals surface area contributed by atoms with Crippen molar-refractivity contribution in [2.75, 3.05) is 39.3 Å². The molecule has 7 heteroatoms. The molecule has 0 bridgehead atoms. The summed E-state index contributed by atoms with van der Waals surface area (Å²) in [7, 11) is 0. The first-order valence-corrected chi connectivity index (χ1v) is 7.00. The van der Waals surface area contributed by atoms with Crippen molar-refractivity contribution in [3.05, 3.63) is 29.8 Å². The molecule has 1 aromatic rings. The number of amides is 2. The lowest BCUT2D eigenvalue weighted by atomic mass is 10.2. The van der Waals surface area contributed by atoms with E-state index in [-0.39, 0.29) is 25.0 Å². The van der Waals surface area contributed by atoms with Crippen LogP contribution in [0.2, 0.25) is 0 Å². The molecule has 0 aliphatic carbocycles. The summed E-state index contributed by atoms with van der Waals surface area (Å²) in [4.78, 5) is 26.6. The number of piperazine rings is 1. The van der Waals surface area contributed by atoms with Crippen molar-refractivity contribution < 1.29 is 14.3 Å². The molecule has 0 unspecified atom stereocenters. The molecule has 7 nitrogen and oxygen atoms in total. The Morgan fingerprint density at radius 3 is 2.55 bits per heavy atom. The molecular weight excluding hydrogens is 284 g/mol. The number of hydrogen-bond donors (Lipinski definition) is 1. The largest absolute Gasteiger partial charge is 0.482 e. The number of nitrogens with two attached hydrogens (primary N) is 1. The van der Waals surface area contributed by atoms with Gasteiger partial charge in [-0.3, -0.25) is 14.5 Å². The van der Waals surface area contributed by atoms with Crippen molar-refractivity contribution >= 4 is 11.8 Å². The van der Waals surface area contributed by atoms with Crippen molar-refractivity contribution in [1.82, 2.24) is 9.80 Å². The Morgan fingerprint density at radius 2 is 1.91 bits per heavy atom. The summed E-state index contributed by atoms with van der Waals surface area (Å²) < 4.78 is 5.43. The number of benzene rings is 1. The van der Waals surface area contributed by atoms with E-state index >= 15 is 0 Å². The van der Waals surface area contributed by atoms with Crippen LogP contribution in [-0.2, 0) is 9.59 Å². The molecule has 1 heterocycles. The number of primary amides is 1. The van der Waals surface area contributed by atoms with E-state index < -0.39 is 0 Å². The molecule has 22 heavy (non-hydrogen) atoms. The molecule has 2 amide bonds. The van der Waals surface area contributed by atoms with Gasteiger partial charge in [0.25, 0.3) is 5.91 Å². The fourth-order valence-electron chi connectivity index (χ4n) is 2.29. The topological polar surface area (TPSA) is 99.7 Å². The number of ether oxygens (including phenoxy) is 1. The maximum atomic E-state index is 12.1. The Bertz CT molecular complexity index is 589. The number of para-hydroxylation sites is 1. The molecule has 116 valence electrons. The van der Waals surface area contributed by atoms with E-state index in [0.717, 1.165) is 0 Å². The maximum absolute atomic E-state index is 12.1. The highest BCUT2D eigenvalue weighted by molar-refractivity contribution is 5.78. The first-order chi connectivity index (χ1) is 10.6. The van der Waals surface area contributed by atoms with Crippen LogP contribution < -0.4 is 10.5 Å². The summed E-state index contributed by atoms with van der Waals surface area (Å²) in [6.07, 6.45) is 0. The normalized spacial score (nSPS) is 15.1. The van der Waals surface area contributed by atoms with Gasteiger partial charge in [-0.1, -0.05) is 12.1 Å². The van der Waals surface area contributed by atoms with Gasteiger partial charge in [-0.15, -0.1) is 0 Å². The number of nitrogens with zero attached hydrogens (tertiary/aromatic N) is 3. The van der Waals surface area contributed by atoms with Crippen molar-refractivity contribution in [3.63, 3.8) is 0 Å². The molecule has 1 saturated heterocycles. The van der Waals surface area contributed by atoms with Crippen molar-refractivity contribution in [3.8, 4) is 11.8 Å².